The number of nitrogens with two attached hydrogens (primary N) is 1. The molecular formula is C9H9ClNNo2O3-. The van der Waals surface area contributed by atoms with Gasteiger partial charge in [-0.2, -0.15) is 11.6 Å². The molecule has 0 fully saturated rings. The molecule has 1 rings (SSSR count). The summed E-state index contributed by atoms with van der Waals surface area (Å²) in [6.07, 6.45) is 0. The zero-order valence-corrected chi connectivity index (χ0v) is 13.5. The average Bonchev–Trinajstić information content (AvgIpc) is 2.20. The molecule has 0 saturated carbocycles. The fraction of sp³-hybridized carbons (Fsp3) is 0.222. The second kappa shape index (κ2) is 5.34. The van der Waals surface area contributed by atoms with Crippen LogP contribution in [0.15, 0.2) is 6.07 Å². The Labute approximate surface area is 86.6 Å². The summed E-state index contributed by atoms with van der Waals surface area (Å²) in [5.41, 5.74) is 5.92. The molecule has 1 aromatic rings. The van der Waals surface area contributed by atoms with Gasteiger partial charge < -0.3 is 15.2 Å². The third kappa shape index (κ3) is 2.29. The number of carbonyl (C=O) groups is 1. The number of nitrogen functional groups attached to an aromatic ring is 1. The molecule has 0 unspecified atom stereocenters. The Morgan fingerprint density at radius 1 is 1.44 bits per heavy atom. The Morgan fingerprint density at radius 3 is 2.44 bits per heavy atom. The molecule has 0 aromatic heterocycles. The normalized spacial score (nSPS) is 8.44. The number of methoxy groups -OCH3 is 2. The molecule has 0 saturated heterocycles. The fourth-order valence-corrected chi connectivity index (χ4v) is 1.10. The van der Waals surface area contributed by atoms with Crippen molar-refractivity contribution < 1.29 is 14.3 Å². The minimum Gasteiger partial charge on any atom is -0.522 e. The van der Waals surface area contributed by atoms with Crippen LogP contribution in [0.4, 0.5) is 5.69 Å². The van der Waals surface area contributed by atoms with E-state index in [0.717, 1.165) is 0 Å². The molecule has 0 aliphatic rings. The van der Waals surface area contributed by atoms with E-state index >= 15 is 0 Å². The summed E-state index contributed by atoms with van der Waals surface area (Å²) in [6, 6.07) is 4.02. The predicted molar refractivity (Wildman–Crippen MR) is 52.6 cm³/mol. The minimum atomic E-state index is -0.542. The number of ether oxygens (including phenoxy) is 2. The van der Waals surface area contributed by atoms with E-state index in [0.29, 0.717) is 0 Å². The SMILES string of the molecule is COC(=O)c1cc(Cl)c(N)[c-]c1OC.[No].[No]. The Kier molecular flexibility index (Phi) is 5.03. The van der Waals surface area contributed by atoms with Gasteiger partial charge in [-0.25, -0.2) is 0 Å². The third-order valence-corrected chi connectivity index (χ3v) is 1.94. The summed E-state index contributed by atoms with van der Waals surface area (Å²) < 4.78 is 9.44. The van der Waals surface area contributed by atoms with Crippen molar-refractivity contribution in [2.75, 3.05) is 20.0 Å². The smallest absolute Gasteiger partial charge is 0.284 e. The van der Waals surface area contributed by atoms with Gasteiger partial charge in [-0.1, -0.05) is 5.69 Å². The van der Waals surface area contributed by atoms with Gasteiger partial charge in [0, 0.05) is 5.75 Å². The Balaban J connectivity index is 0. The van der Waals surface area contributed by atoms with Crippen LogP contribution in [-0.4, -0.2) is 20.2 Å². The van der Waals surface area contributed by atoms with Gasteiger partial charge in [-0.05, 0) is 10.6 Å². The van der Waals surface area contributed by atoms with Gasteiger partial charge in [0.1, 0.15) is 0 Å². The van der Waals surface area contributed by atoms with Gasteiger partial charge in [-0.15, -0.1) is 12.1 Å². The van der Waals surface area contributed by atoms with Crippen molar-refractivity contribution in [1.29, 1.82) is 0 Å². The van der Waals surface area contributed by atoms with Gasteiger partial charge in [0.2, 0.25) is 0 Å². The van der Waals surface area contributed by atoms with Gasteiger partial charge in [0.05, 0.1) is 14.2 Å². The van der Waals surface area contributed by atoms with Crippen molar-refractivity contribution >= 4 is 23.3 Å². The number of rotatable bonds is 2. The van der Waals surface area contributed by atoms with Crippen molar-refractivity contribution in [3.63, 3.8) is 0 Å². The van der Waals surface area contributed by atoms with Crippen LogP contribution in [0.1, 0.15) is 10.4 Å². The number of anilines is 1. The van der Waals surface area contributed by atoms with Crippen molar-refractivity contribution in [2.45, 2.75) is 0 Å². The molecule has 0 heterocycles. The first-order valence-corrected chi connectivity index (χ1v) is 4.11. The van der Waals surface area contributed by atoms with Gasteiger partial charge in [0.25, 0.3) is 5.97 Å². The van der Waals surface area contributed by atoms with E-state index in [4.69, 9.17) is 22.1 Å². The first kappa shape index (κ1) is 15.1. The Bertz CT molecular complexity index is 374. The van der Waals surface area contributed by atoms with Crippen LogP contribution in [0.2, 0.25) is 5.02 Å². The van der Waals surface area contributed by atoms with Gasteiger partial charge in [-0.3, -0.25) is 4.79 Å². The number of hydrogen-bond acceptors (Lipinski definition) is 4. The molecule has 0 radical (unpaired) electrons. The summed E-state index contributed by atoms with van der Waals surface area (Å²) in [4.78, 5) is 11.2. The Morgan fingerprint density at radius 2 is 2.00 bits per heavy atom. The maximum Gasteiger partial charge on any atom is 0.284 e. The topological polar surface area (TPSA) is 61.5 Å². The van der Waals surface area contributed by atoms with Crippen molar-refractivity contribution in [3.8, 4) is 5.75 Å². The molecule has 16 heavy (non-hydrogen) atoms. The summed E-state index contributed by atoms with van der Waals surface area (Å²) in [5, 5.41) is 0.242. The molecule has 7 heteroatoms. The van der Waals surface area contributed by atoms with Crippen LogP contribution in [0.25, 0.3) is 0 Å². The number of benzene rings is 1. The largest absolute Gasteiger partial charge is 0.522 e. The van der Waals surface area contributed by atoms with E-state index in [1.807, 2.05) is 0 Å². The van der Waals surface area contributed by atoms with E-state index < -0.39 is 5.97 Å². The number of carbonyl (C=O) groups excluding carboxylic acids is 1. The predicted octanol–water partition coefficient (Wildman–Crippen LogP) is 1.52. The van der Waals surface area contributed by atoms with E-state index in [-0.39, 0.29) is 22.0 Å². The van der Waals surface area contributed by atoms with E-state index in [1.165, 1.54) is 20.3 Å². The fourth-order valence-electron chi connectivity index (χ4n) is 0.942. The van der Waals surface area contributed by atoms with Crippen LogP contribution in [0.5, 0.6) is 5.75 Å². The van der Waals surface area contributed by atoms with E-state index in [2.05, 4.69) is 10.8 Å². The molecule has 1 aromatic carbocycles. The summed E-state index contributed by atoms with van der Waals surface area (Å²) in [5.74, 6) is -0.321. The van der Waals surface area contributed by atoms with E-state index in [9.17, 15) is 4.79 Å². The quantitative estimate of drug-likeness (QED) is 0.285. The number of hydrogen-bond donors (Lipinski definition) is 1. The van der Waals surface area contributed by atoms with Crippen molar-refractivity contribution in [3.05, 3.63) is 22.7 Å². The molecule has 4 nitrogen and oxygen atoms in total. The molecule has 0 aliphatic heterocycles. The molecule has 0 spiro atoms. The summed E-state index contributed by atoms with van der Waals surface area (Å²) in [7, 11) is 2.68. The van der Waals surface area contributed by atoms with Crippen LogP contribution in [0, 0.1) is 6.07 Å². The third-order valence-electron chi connectivity index (χ3n) is 1.63. The minimum absolute atomic E-state index is 0. The summed E-state index contributed by atoms with van der Waals surface area (Å²) >= 11 is 5.72. The maximum absolute atomic E-state index is 11.2. The van der Waals surface area contributed by atoms with Gasteiger partial charge >= 0.3 is 0 Å². The van der Waals surface area contributed by atoms with Crippen molar-refractivity contribution in [2.24, 2.45) is 0 Å². The Hall–Kier alpha value is -3.42. The first-order chi connectivity index (χ1) is 6.60. The number of esters is 1. The second-order valence-electron chi connectivity index (χ2n) is 2.47. The zero-order chi connectivity index (χ0) is 10.7. The molecule has 2 N–H and O–H groups in total. The molecule has 0 amide bonds. The van der Waals surface area contributed by atoms with Crippen LogP contribution < -0.4 is 10.5 Å². The number of halogens is 1. The van der Waals surface area contributed by atoms with Crippen molar-refractivity contribution in [1.82, 2.24) is 0 Å². The second-order valence-corrected chi connectivity index (χ2v) is 2.88. The zero-order valence-electron chi connectivity index (χ0n) is 8.29. The molecule has 0 bridgehead atoms. The standard InChI is InChI=1S/C9H9ClNO3.2No/c1-13-8-4-7(11)6(10)3-5(8)9(12)14-2;;/h3H,11H2,1-2H3;;/q-1;;. The van der Waals surface area contributed by atoms with Crippen LogP contribution in [0.3, 0.4) is 0 Å². The van der Waals surface area contributed by atoms with Crippen LogP contribution in [-0.2, 0) is 4.74 Å². The molecule has 0 atom stereocenters. The van der Waals surface area contributed by atoms with Gasteiger partial charge in [0.15, 0.2) is 0 Å². The maximum atomic E-state index is 11.2. The molecule has 104 valence electrons. The van der Waals surface area contributed by atoms with Crippen LogP contribution >= 0.6 is 11.6 Å². The summed E-state index contributed by atoms with van der Waals surface area (Å²) in [6.45, 7) is 0. The average molecular weight is 733 g/mol. The molecular weight excluding hydrogens is 724 g/mol. The first-order valence-electron chi connectivity index (χ1n) is 3.73. The molecule has 0 aliphatic carbocycles. The monoisotopic (exact) mass is 732 g/mol. The van der Waals surface area contributed by atoms with E-state index in [1.54, 1.807) is 0 Å².